The zero-order valence-electron chi connectivity index (χ0n) is 28.2. The van der Waals surface area contributed by atoms with Crippen LogP contribution in [0.1, 0.15) is 63.0 Å². The van der Waals surface area contributed by atoms with Gasteiger partial charge < -0.3 is 19.2 Å². The molecule has 10 heteroatoms. The maximum atomic E-state index is 12.4. The zero-order chi connectivity index (χ0) is 33.5. The van der Waals surface area contributed by atoms with Gasteiger partial charge in [0.05, 0.1) is 31.6 Å². The SMILES string of the molecule is COC(=O)Cc1ccc(CC(C)(C)NC[C@H](O[Si](C)(C)C(C)(C)C)c2ccc(OCc3ccccc3)c(NS(C)(=O)=O)c2)cc1. The number of rotatable bonds is 15. The highest BCUT2D eigenvalue weighted by Crippen LogP contribution is 2.41. The number of nitrogens with one attached hydrogen (secondary N) is 2. The van der Waals surface area contributed by atoms with E-state index in [9.17, 15) is 13.2 Å². The van der Waals surface area contributed by atoms with E-state index in [-0.39, 0.29) is 29.1 Å². The first-order valence-corrected chi connectivity index (χ1v) is 20.0. The minimum absolute atomic E-state index is 0.0285. The van der Waals surface area contributed by atoms with Gasteiger partial charge in [-0.3, -0.25) is 9.52 Å². The summed E-state index contributed by atoms with van der Waals surface area (Å²) in [6.45, 7) is 16.2. The smallest absolute Gasteiger partial charge is 0.309 e. The Morgan fingerprint density at radius 2 is 1.51 bits per heavy atom. The molecule has 0 spiro atoms. The fourth-order valence-electron chi connectivity index (χ4n) is 4.60. The lowest BCUT2D eigenvalue weighted by atomic mass is 9.93. The Balaban J connectivity index is 1.87. The second kappa shape index (κ2) is 14.9. The van der Waals surface area contributed by atoms with Gasteiger partial charge in [0.15, 0.2) is 8.32 Å². The predicted molar refractivity (Wildman–Crippen MR) is 185 cm³/mol. The fraction of sp³-hybridized carbons (Fsp3) is 0.457. The van der Waals surface area contributed by atoms with Crippen molar-refractivity contribution in [3.8, 4) is 5.75 Å². The molecule has 0 fully saturated rings. The van der Waals surface area contributed by atoms with Crippen LogP contribution in [0.3, 0.4) is 0 Å². The molecule has 0 aromatic heterocycles. The third-order valence-electron chi connectivity index (χ3n) is 8.16. The van der Waals surface area contributed by atoms with Crippen molar-refractivity contribution in [1.29, 1.82) is 0 Å². The van der Waals surface area contributed by atoms with Gasteiger partial charge in [-0.05, 0) is 72.8 Å². The Morgan fingerprint density at radius 3 is 2.09 bits per heavy atom. The summed E-state index contributed by atoms with van der Waals surface area (Å²) in [5.41, 5.74) is 3.98. The molecular formula is C35H50N2O6SSi. The summed E-state index contributed by atoms with van der Waals surface area (Å²) in [6.07, 6.45) is 1.80. The van der Waals surface area contributed by atoms with E-state index in [4.69, 9.17) is 13.9 Å². The number of hydrogen-bond acceptors (Lipinski definition) is 7. The van der Waals surface area contributed by atoms with E-state index in [1.54, 1.807) is 0 Å². The molecule has 45 heavy (non-hydrogen) atoms. The maximum Gasteiger partial charge on any atom is 0.309 e. The van der Waals surface area contributed by atoms with Crippen molar-refractivity contribution in [1.82, 2.24) is 5.32 Å². The van der Waals surface area contributed by atoms with Crippen LogP contribution >= 0.6 is 0 Å². The van der Waals surface area contributed by atoms with E-state index in [0.29, 0.717) is 24.6 Å². The molecule has 0 unspecified atom stereocenters. The molecular weight excluding hydrogens is 605 g/mol. The Kier molecular flexibility index (Phi) is 12.0. The van der Waals surface area contributed by atoms with Crippen LogP contribution in [0.25, 0.3) is 0 Å². The highest BCUT2D eigenvalue weighted by atomic mass is 32.2. The largest absolute Gasteiger partial charge is 0.487 e. The maximum absolute atomic E-state index is 12.4. The number of ether oxygens (including phenoxy) is 2. The van der Waals surface area contributed by atoms with E-state index in [2.05, 4.69) is 57.8 Å². The van der Waals surface area contributed by atoms with E-state index in [1.807, 2.05) is 72.8 Å². The average Bonchev–Trinajstić information content (AvgIpc) is 2.94. The van der Waals surface area contributed by atoms with Gasteiger partial charge in [-0.1, -0.05) is 81.4 Å². The molecule has 1 atom stereocenters. The molecule has 0 aliphatic rings. The second-order valence-electron chi connectivity index (χ2n) is 13.8. The molecule has 0 aliphatic heterocycles. The van der Waals surface area contributed by atoms with Crippen molar-refractivity contribution in [3.63, 3.8) is 0 Å². The van der Waals surface area contributed by atoms with E-state index < -0.39 is 18.3 Å². The van der Waals surface area contributed by atoms with Gasteiger partial charge in [0.1, 0.15) is 12.4 Å². The van der Waals surface area contributed by atoms with Crippen LogP contribution in [0.15, 0.2) is 72.8 Å². The van der Waals surface area contributed by atoms with Gasteiger partial charge in [-0.2, -0.15) is 0 Å². The number of esters is 1. The number of methoxy groups -OCH3 is 1. The third kappa shape index (κ3) is 11.6. The van der Waals surface area contributed by atoms with Gasteiger partial charge >= 0.3 is 5.97 Å². The van der Waals surface area contributed by atoms with Gasteiger partial charge in [0.25, 0.3) is 0 Å². The van der Waals surface area contributed by atoms with Gasteiger partial charge in [-0.15, -0.1) is 0 Å². The van der Waals surface area contributed by atoms with Gasteiger partial charge in [-0.25, -0.2) is 8.42 Å². The molecule has 0 aliphatic carbocycles. The van der Waals surface area contributed by atoms with Gasteiger partial charge in [0, 0.05) is 12.1 Å². The van der Waals surface area contributed by atoms with Crippen LogP contribution in [0, 0.1) is 0 Å². The number of hydrogen-bond donors (Lipinski definition) is 2. The Hall–Kier alpha value is -3.18. The van der Waals surface area contributed by atoms with Crippen LogP contribution < -0.4 is 14.8 Å². The molecule has 0 saturated heterocycles. The van der Waals surface area contributed by atoms with Crippen LogP contribution in [-0.2, 0) is 43.4 Å². The van der Waals surface area contributed by atoms with E-state index >= 15 is 0 Å². The number of sulfonamides is 1. The lowest BCUT2D eigenvalue weighted by Gasteiger charge is -2.40. The van der Waals surface area contributed by atoms with Crippen LogP contribution in [0.4, 0.5) is 5.69 Å². The molecule has 246 valence electrons. The predicted octanol–water partition coefficient (Wildman–Crippen LogP) is 7.03. The van der Waals surface area contributed by atoms with Gasteiger partial charge in [0.2, 0.25) is 10.0 Å². The van der Waals surface area contributed by atoms with E-state index in [1.165, 1.54) is 7.11 Å². The number of carbonyl (C=O) groups is 1. The molecule has 8 nitrogen and oxygen atoms in total. The molecule has 0 amide bonds. The summed E-state index contributed by atoms with van der Waals surface area (Å²) in [5.74, 6) is 0.186. The first-order valence-electron chi connectivity index (χ1n) is 15.2. The van der Waals surface area contributed by atoms with Crippen LogP contribution in [-0.4, -0.2) is 48.2 Å². The minimum atomic E-state index is -3.57. The summed E-state index contributed by atoms with van der Waals surface area (Å²) in [7, 11) is -4.40. The normalized spacial score (nSPS) is 13.3. The van der Waals surface area contributed by atoms with Crippen molar-refractivity contribution < 1.29 is 27.1 Å². The molecule has 0 bridgehead atoms. The summed E-state index contributed by atoms with van der Waals surface area (Å²) < 4.78 is 45.2. The zero-order valence-corrected chi connectivity index (χ0v) is 30.0. The Bertz CT molecular complexity index is 1520. The molecule has 3 aromatic rings. The summed E-state index contributed by atoms with van der Waals surface area (Å²) in [5, 5.41) is 3.69. The lowest BCUT2D eigenvalue weighted by Crippen LogP contribution is -2.47. The molecule has 3 aromatic carbocycles. The first kappa shape index (κ1) is 36.3. The van der Waals surface area contributed by atoms with Crippen molar-refractivity contribution in [3.05, 3.63) is 95.1 Å². The second-order valence-corrected chi connectivity index (χ2v) is 20.3. The van der Waals surface area contributed by atoms with Crippen LogP contribution in [0.2, 0.25) is 18.1 Å². The Labute approximate surface area is 271 Å². The summed E-state index contributed by atoms with van der Waals surface area (Å²) in [4.78, 5) is 11.6. The van der Waals surface area contributed by atoms with Crippen molar-refractivity contribution in [2.45, 2.75) is 83.8 Å². The number of anilines is 1. The average molecular weight is 655 g/mol. The topological polar surface area (TPSA) is 103 Å². The molecule has 0 radical (unpaired) electrons. The van der Waals surface area contributed by atoms with Crippen molar-refractivity contribution >= 4 is 30.0 Å². The van der Waals surface area contributed by atoms with Crippen LogP contribution in [0.5, 0.6) is 5.75 Å². The summed E-state index contributed by atoms with van der Waals surface area (Å²) in [6, 6.07) is 23.4. The molecule has 3 rings (SSSR count). The fourth-order valence-corrected chi connectivity index (χ4v) is 6.45. The quantitative estimate of drug-likeness (QED) is 0.134. The number of benzene rings is 3. The Morgan fingerprint density at radius 1 is 0.889 bits per heavy atom. The third-order valence-corrected chi connectivity index (χ3v) is 13.2. The molecule has 0 heterocycles. The minimum Gasteiger partial charge on any atom is -0.487 e. The van der Waals surface area contributed by atoms with Crippen molar-refractivity contribution in [2.75, 3.05) is 24.6 Å². The highest BCUT2D eigenvalue weighted by molar-refractivity contribution is 7.92. The standard InChI is InChI=1S/C35H50N2O6SSi/c1-34(2,3)45(8,9)43-32(24-36-35(4,5)23-27-17-15-26(16-18-27)21-33(38)41-6)29-19-20-31(30(22-29)37-44(7,39)40)42-25-28-13-11-10-12-14-28/h10-20,22,32,36-37H,21,23-25H2,1-9H3/t32-/m0/s1. The van der Waals surface area contributed by atoms with E-state index in [0.717, 1.165) is 34.9 Å². The molecule has 2 N–H and O–H groups in total. The van der Waals surface area contributed by atoms with Crippen molar-refractivity contribution in [2.24, 2.45) is 0 Å². The molecule has 0 saturated carbocycles. The number of carbonyl (C=O) groups excluding carboxylic acids is 1. The first-order chi connectivity index (χ1) is 20.9. The lowest BCUT2D eigenvalue weighted by molar-refractivity contribution is -0.139. The highest BCUT2D eigenvalue weighted by Gasteiger charge is 2.40. The monoisotopic (exact) mass is 654 g/mol. The summed E-state index contributed by atoms with van der Waals surface area (Å²) >= 11 is 0.